The van der Waals surface area contributed by atoms with Crippen molar-refractivity contribution in [3.05, 3.63) is 0 Å². The van der Waals surface area contributed by atoms with Gasteiger partial charge in [-0.25, -0.2) is 0 Å². The van der Waals surface area contributed by atoms with Crippen molar-refractivity contribution < 1.29 is 4.74 Å². The van der Waals surface area contributed by atoms with Crippen LogP contribution in [0.1, 0.15) is 41.0 Å². The SMILES string of the molecule is CCC(C)C(COCNCCN1CCN(C)CC1)C(C)(C)C. The quantitative estimate of drug-likeness (QED) is 0.523. The van der Waals surface area contributed by atoms with Crippen LogP contribution in [-0.2, 0) is 4.74 Å². The highest BCUT2D eigenvalue weighted by atomic mass is 16.5. The van der Waals surface area contributed by atoms with Crippen molar-refractivity contribution in [3.8, 4) is 0 Å². The van der Waals surface area contributed by atoms with Gasteiger partial charge in [-0.1, -0.05) is 41.0 Å². The predicted molar refractivity (Wildman–Crippen MR) is 95.2 cm³/mol. The third kappa shape index (κ3) is 7.40. The van der Waals surface area contributed by atoms with E-state index in [0.29, 0.717) is 24.0 Å². The van der Waals surface area contributed by atoms with Crippen molar-refractivity contribution in [2.75, 3.05) is 59.7 Å². The number of rotatable bonds is 9. The van der Waals surface area contributed by atoms with Gasteiger partial charge in [0, 0.05) is 39.3 Å². The Morgan fingerprint density at radius 3 is 2.32 bits per heavy atom. The minimum absolute atomic E-state index is 0.315. The van der Waals surface area contributed by atoms with E-state index >= 15 is 0 Å². The molecule has 1 aliphatic rings. The molecule has 0 aromatic heterocycles. The van der Waals surface area contributed by atoms with Gasteiger partial charge in [-0.05, 0) is 24.3 Å². The first-order chi connectivity index (χ1) is 10.3. The van der Waals surface area contributed by atoms with Gasteiger partial charge in [0.25, 0.3) is 0 Å². The van der Waals surface area contributed by atoms with Crippen LogP contribution in [-0.4, -0.2) is 69.5 Å². The molecule has 0 radical (unpaired) electrons. The topological polar surface area (TPSA) is 27.7 Å². The molecular weight excluding hydrogens is 274 g/mol. The summed E-state index contributed by atoms with van der Waals surface area (Å²) in [6, 6.07) is 0. The lowest BCUT2D eigenvalue weighted by atomic mass is 9.73. The summed E-state index contributed by atoms with van der Waals surface area (Å²) in [6.45, 7) is 20.1. The number of ether oxygens (including phenoxy) is 1. The largest absolute Gasteiger partial charge is 0.366 e. The van der Waals surface area contributed by atoms with Crippen LogP contribution in [0.15, 0.2) is 0 Å². The number of nitrogens with one attached hydrogen (secondary N) is 1. The Hall–Kier alpha value is -0.160. The molecule has 1 heterocycles. The lowest BCUT2D eigenvalue weighted by molar-refractivity contribution is 0.0186. The Kier molecular flexibility index (Phi) is 8.91. The molecule has 132 valence electrons. The fourth-order valence-corrected chi connectivity index (χ4v) is 3.19. The molecule has 2 atom stereocenters. The van der Waals surface area contributed by atoms with Crippen molar-refractivity contribution >= 4 is 0 Å². The van der Waals surface area contributed by atoms with E-state index in [9.17, 15) is 0 Å². The smallest absolute Gasteiger partial charge is 0.0965 e. The van der Waals surface area contributed by atoms with Gasteiger partial charge in [-0.3, -0.25) is 10.2 Å². The molecule has 4 nitrogen and oxygen atoms in total. The maximum atomic E-state index is 5.91. The molecule has 0 amide bonds. The van der Waals surface area contributed by atoms with Gasteiger partial charge in [-0.2, -0.15) is 0 Å². The fraction of sp³-hybridized carbons (Fsp3) is 1.00. The van der Waals surface area contributed by atoms with E-state index in [1.54, 1.807) is 0 Å². The Morgan fingerprint density at radius 1 is 1.14 bits per heavy atom. The van der Waals surface area contributed by atoms with E-state index in [1.165, 1.54) is 32.6 Å². The standard InChI is InChI=1S/C18H39N3O/c1-7-16(2)17(18(3,4)5)14-22-15-19-8-9-21-12-10-20(6)11-13-21/h16-17,19H,7-15H2,1-6H3. The third-order valence-corrected chi connectivity index (χ3v) is 5.15. The van der Waals surface area contributed by atoms with Crippen molar-refractivity contribution in [1.29, 1.82) is 0 Å². The second-order valence-electron chi connectivity index (χ2n) is 8.02. The van der Waals surface area contributed by atoms with E-state index in [-0.39, 0.29) is 0 Å². The summed E-state index contributed by atoms with van der Waals surface area (Å²) in [5, 5.41) is 3.43. The summed E-state index contributed by atoms with van der Waals surface area (Å²) >= 11 is 0. The summed E-state index contributed by atoms with van der Waals surface area (Å²) < 4.78 is 5.91. The van der Waals surface area contributed by atoms with Gasteiger partial charge < -0.3 is 9.64 Å². The van der Waals surface area contributed by atoms with Crippen LogP contribution in [0.4, 0.5) is 0 Å². The molecule has 22 heavy (non-hydrogen) atoms. The van der Waals surface area contributed by atoms with E-state index < -0.39 is 0 Å². The summed E-state index contributed by atoms with van der Waals surface area (Å²) in [5.74, 6) is 1.34. The van der Waals surface area contributed by atoms with Crippen LogP contribution in [0.2, 0.25) is 0 Å². The molecule has 0 aromatic rings. The van der Waals surface area contributed by atoms with Crippen LogP contribution in [0.3, 0.4) is 0 Å². The number of nitrogens with zero attached hydrogens (tertiary/aromatic N) is 2. The molecule has 0 spiro atoms. The second kappa shape index (κ2) is 9.86. The second-order valence-corrected chi connectivity index (χ2v) is 8.02. The summed E-state index contributed by atoms with van der Waals surface area (Å²) in [6.07, 6.45) is 1.22. The fourth-order valence-electron chi connectivity index (χ4n) is 3.19. The number of hydrogen-bond donors (Lipinski definition) is 1. The minimum Gasteiger partial charge on any atom is -0.366 e. The monoisotopic (exact) mass is 313 g/mol. The molecule has 0 aliphatic carbocycles. The Balaban J connectivity index is 2.11. The number of piperazine rings is 1. The molecule has 2 unspecified atom stereocenters. The summed E-state index contributed by atoms with van der Waals surface area (Å²) in [5.41, 5.74) is 0.315. The van der Waals surface area contributed by atoms with Crippen LogP contribution in [0.5, 0.6) is 0 Å². The highest BCUT2D eigenvalue weighted by Crippen LogP contribution is 2.33. The van der Waals surface area contributed by atoms with Gasteiger partial charge in [-0.15, -0.1) is 0 Å². The maximum absolute atomic E-state index is 5.91. The van der Waals surface area contributed by atoms with Crippen LogP contribution < -0.4 is 5.32 Å². The predicted octanol–water partition coefficient (Wildman–Crippen LogP) is 2.51. The molecule has 4 heteroatoms. The highest BCUT2D eigenvalue weighted by Gasteiger charge is 2.28. The van der Waals surface area contributed by atoms with E-state index in [4.69, 9.17) is 4.74 Å². The number of hydrogen-bond acceptors (Lipinski definition) is 4. The van der Waals surface area contributed by atoms with Crippen molar-refractivity contribution in [3.63, 3.8) is 0 Å². The molecule has 1 rings (SSSR count). The zero-order valence-electron chi connectivity index (χ0n) is 15.8. The van der Waals surface area contributed by atoms with Crippen molar-refractivity contribution in [2.24, 2.45) is 17.3 Å². The molecule has 0 saturated carbocycles. The van der Waals surface area contributed by atoms with Gasteiger partial charge >= 0.3 is 0 Å². The number of likely N-dealkylation sites (N-methyl/N-ethyl adjacent to an activating group) is 1. The van der Waals surface area contributed by atoms with Crippen molar-refractivity contribution in [1.82, 2.24) is 15.1 Å². The zero-order valence-corrected chi connectivity index (χ0v) is 15.8. The third-order valence-electron chi connectivity index (χ3n) is 5.15. The first-order valence-electron chi connectivity index (χ1n) is 9.04. The molecule has 1 N–H and O–H groups in total. The maximum Gasteiger partial charge on any atom is 0.0965 e. The lowest BCUT2D eigenvalue weighted by Gasteiger charge is -2.35. The molecule has 0 bridgehead atoms. The van der Waals surface area contributed by atoms with E-state index in [2.05, 4.69) is 56.8 Å². The average Bonchev–Trinajstić information content (AvgIpc) is 2.46. The molecule has 1 saturated heterocycles. The summed E-state index contributed by atoms with van der Waals surface area (Å²) in [4.78, 5) is 4.93. The molecule has 1 aliphatic heterocycles. The summed E-state index contributed by atoms with van der Waals surface area (Å²) in [7, 11) is 2.20. The van der Waals surface area contributed by atoms with Gasteiger partial charge in [0.05, 0.1) is 13.3 Å². The van der Waals surface area contributed by atoms with Gasteiger partial charge in [0.1, 0.15) is 0 Å². The normalized spacial score (nSPS) is 21.0. The highest BCUT2D eigenvalue weighted by molar-refractivity contribution is 4.77. The lowest BCUT2D eigenvalue weighted by Crippen LogP contribution is -2.46. The van der Waals surface area contributed by atoms with E-state index in [1.807, 2.05) is 0 Å². The van der Waals surface area contributed by atoms with Gasteiger partial charge in [0.15, 0.2) is 0 Å². The average molecular weight is 314 g/mol. The van der Waals surface area contributed by atoms with Gasteiger partial charge in [0.2, 0.25) is 0 Å². The Bertz CT molecular complexity index is 283. The van der Waals surface area contributed by atoms with Crippen molar-refractivity contribution in [2.45, 2.75) is 41.0 Å². The van der Waals surface area contributed by atoms with Crippen LogP contribution >= 0.6 is 0 Å². The van der Waals surface area contributed by atoms with E-state index in [0.717, 1.165) is 19.7 Å². The first-order valence-corrected chi connectivity index (χ1v) is 9.04. The molecule has 0 aromatic carbocycles. The zero-order chi connectivity index (χ0) is 16.6. The Morgan fingerprint density at radius 2 is 1.77 bits per heavy atom. The van der Waals surface area contributed by atoms with Crippen LogP contribution in [0.25, 0.3) is 0 Å². The minimum atomic E-state index is 0.315. The van der Waals surface area contributed by atoms with Crippen LogP contribution in [0, 0.1) is 17.3 Å². The molecular formula is C18H39N3O. The molecule has 1 fully saturated rings. The first kappa shape index (κ1) is 19.9. The Labute approximate surface area is 138 Å².